The number of hydrogen-bond acceptors (Lipinski definition) is 8. The normalized spacial score (nSPS) is 14.2. The molecule has 14 heteroatoms. The lowest BCUT2D eigenvalue weighted by atomic mass is 10.1. The number of carbonyl (C=O) groups is 1. The van der Waals surface area contributed by atoms with Crippen LogP contribution in [0, 0.1) is 11.3 Å². The lowest BCUT2D eigenvalue weighted by molar-refractivity contribution is -0.0364. The molecule has 0 bridgehead atoms. The van der Waals surface area contributed by atoms with E-state index in [2.05, 4.69) is 36.8 Å². The van der Waals surface area contributed by atoms with Gasteiger partial charge in [-0.3, -0.25) is 10.00 Å². The lowest BCUT2D eigenvalue weighted by Crippen LogP contribution is -2.25. The molecular formula is C21H17F2N9O3. The van der Waals surface area contributed by atoms with E-state index in [9.17, 15) is 18.8 Å². The molecule has 5 heterocycles. The van der Waals surface area contributed by atoms with E-state index in [1.54, 1.807) is 11.6 Å². The number of rotatable bonds is 5. The quantitative estimate of drug-likeness (QED) is 0.384. The van der Waals surface area contributed by atoms with Gasteiger partial charge in [0.15, 0.2) is 17.2 Å². The third kappa shape index (κ3) is 4.03. The second kappa shape index (κ2) is 8.20. The van der Waals surface area contributed by atoms with Gasteiger partial charge < -0.3 is 19.7 Å². The van der Waals surface area contributed by atoms with Crippen molar-refractivity contribution in [2.45, 2.75) is 25.3 Å². The number of nitrogens with zero attached hydrogens (tertiary/aromatic N) is 7. The van der Waals surface area contributed by atoms with Crippen LogP contribution in [-0.4, -0.2) is 40.5 Å². The zero-order valence-corrected chi connectivity index (χ0v) is 18.2. The second-order valence-corrected chi connectivity index (χ2v) is 7.76. The highest BCUT2D eigenvalue weighted by atomic mass is 19.3. The molecular weight excluding hydrogens is 464 g/mol. The minimum absolute atomic E-state index is 0.0444. The predicted molar refractivity (Wildman–Crippen MR) is 118 cm³/mol. The molecule has 1 amide bonds. The molecule has 0 fully saturated rings. The van der Waals surface area contributed by atoms with E-state index in [4.69, 9.17) is 9.84 Å². The van der Waals surface area contributed by atoms with Gasteiger partial charge in [0.1, 0.15) is 34.4 Å². The van der Waals surface area contributed by atoms with Crippen LogP contribution >= 0.6 is 0 Å². The first kappa shape index (κ1) is 22.0. The Kier molecular flexibility index (Phi) is 5.16. The molecule has 1 aliphatic heterocycles. The zero-order chi connectivity index (χ0) is 24.7. The highest BCUT2D eigenvalue weighted by molar-refractivity contribution is 5.84. The maximum Gasteiger partial charge on any atom is 0.410 e. The van der Waals surface area contributed by atoms with E-state index in [1.165, 1.54) is 35.3 Å². The SMILES string of the molecule is Cn1c(Nc2cc3n(n2)CCCC3(F)F)nc2ncc(Oc3ccnc(NC(=O)O)c3)c(C#N)c21. The Bertz CT molecular complexity index is 1510. The fourth-order valence-electron chi connectivity index (χ4n) is 3.87. The zero-order valence-electron chi connectivity index (χ0n) is 18.2. The van der Waals surface area contributed by atoms with Crippen molar-refractivity contribution in [3.63, 3.8) is 0 Å². The number of fused-ring (bicyclic) bond motifs is 2. The van der Waals surface area contributed by atoms with E-state index in [-0.39, 0.29) is 52.4 Å². The topological polar surface area (TPSA) is 156 Å². The summed E-state index contributed by atoms with van der Waals surface area (Å²) in [5, 5.41) is 27.9. The van der Waals surface area contributed by atoms with Crippen LogP contribution in [0.2, 0.25) is 0 Å². The molecule has 0 saturated heterocycles. The van der Waals surface area contributed by atoms with Crippen molar-refractivity contribution >= 4 is 34.8 Å². The molecule has 0 aromatic carbocycles. The van der Waals surface area contributed by atoms with Crippen LogP contribution in [0.25, 0.3) is 11.2 Å². The van der Waals surface area contributed by atoms with Gasteiger partial charge in [-0.2, -0.15) is 24.1 Å². The van der Waals surface area contributed by atoms with Crippen LogP contribution in [0.3, 0.4) is 0 Å². The summed E-state index contributed by atoms with van der Waals surface area (Å²) in [6.07, 6.45) is 1.48. The molecule has 0 unspecified atom stereocenters. The summed E-state index contributed by atoms with van der Waals surface area (Å²) in [6, 6.07) is 6.21. The molecule has 0 spiro atoms. The Morgan fingerprint density at radius 1 is 1.31 bits per heavy atom. The van der Waals surface area contributed by atoms with Crippen molar-refractivity contribution in [2.75, 3.05) is 10.6 Å². The van der Waals surface area contributed by atoms with Crippen LogP contribution in [0.4, 0.5) is 31.2 Å². The Morgan fingerprint density at radius 2 is 2.14 bits per heavy atom. The summed E-state index contributed by atoms with van der Waals surface area (Å²) >= 11 is 0. The molecule has 3 N–H and O–H groups in total. The first-order valence-corrected chi connectivity index (χ1v) is 10.4. The minimum Gasteiger partial charge on any atom is -0.465 e. The number of anilines is 3. The number of aryl methyl sites for hydroxylation is 2. The molecule has 35 heavy (non-hydrogen) atoms. The highest BCUT2D eigenvalue weighted by Gasteiger charge is 2.38. The van der Waals surface area contributed by atoms with Crippen molar-refractivity contribution in [1.29, 1.82) is 5.26 Å². The van der Waals surface area contributed by atoms with E-state index < -0.39 is 12.0 Å². The Morgan fingerprint density at radius 3 is 2.89 bits per heavy atom. The number of carboxylic acid groups (broad SMARTS) is 1. The average molecular weight is 481 g/mol. The van der Waals surface area contributed by atoms with Crippen molar-refractivity contribution in [1.82, 2.24) is 29.3 Å². The predicted octanol–water partition coefficient (Wildman–Crippen LogP) is 3.94. The smallest absolute Gasteiger partial charge is 0.410 e. The third-order valence-electron chi connectivity index (χ3n) is 5.43. The van der Waals surface area contributed by atoms with E-state index in [1.807, 2.05) is 0 Å². The van der Waals surface area contributed by atoms with Gasteiger partial charge in [-0.25, -0.2) is 14.8 Å². The second-order valence-electron chi connectivity index (χ2n) is 7.76. The number of ether oxygens (including phenoxy) is 1. The summed E-state index contributed by atoms with van der Waals surface area (Å²) in [5.74, 6) is -2.12. The van der Waals surface area contributed by atoms with Gasteiger partial charge in [0, 0.05) is 38.3 Å². The molecule has 0 atom stereocenters. The van der Waals surface area contributed by atoms with Crippen LogP contribution in [0.5, 0.6) is 11.5 Å². The Balaban J connectivity index is 1.48. The van der Waals surface area contributed by atoms with E-state index >= 15 is 0 Å². The van der Waals surface area contributed by atoms with Crippen molar-refractivity contribution in [3.05, 3.63) is 41.9 Å². The number of halogens is 2. The highest BCUT2D eigenvalue weighted by Crippen LogP contribution is 2.38. The number of nitrogens with one attached hydrogen (secondary N) is 2. The summed E-state index contributed by atoms with van der Waals surface area (Å²) in [7, 11) is 1.63. The Labute approximate surface area is 195 Å². The lowest BCUT2D eigenvalue weighted by Gasteiger charge is -2.22. The van der Waals surface area contributed by atoms with Crippen LogP contribution in [0.15, 0.2) is 30.6 Å². The maximum absolute atomic E-state index is 14.2. The molecule has 0 aliphatic carbocycles. The van der Waals surface area contributed by atoms with Crippen LogP contribution in [-0.2, 0) is 19.5 Å². The number of nitriles is 1. The van der Waals surface area contributed by atoms with Crippen molar-refractivity contribution in [3.8, 4) is 17.6 Å². The average Bonchev–Trinajstić information content (AvgIpc) is 3.36. The maximum atomic E-state index is 14.2. The molecule has 0 saturated carbocycles. The minimum atomic E-state index is -2.95. The van der Waals surface area contributed by atoms with E-state index in [0.29, 0.717) is 18.5 Å². The number of hydrogen-bond donors (Lipinski definition) is 3. The standard InChI is InChI=1S/C21H17F2N9O3/c1-31-17-12(9-24)13(35-11-3-5-25-15(7-11)28-20(33)34)10-26-18(17)29-19(31)27-16-8-14-21(22,23)4-2-6-32(14)30-16/h3,5,7-8,10H,2,4,6H2,1H3,(H,25,28)(H,33,34)(H,26,27,29,30). The van der Waals surface area contributed by atoms with Crippen molar-refractivity contribution < 1.29 is 23.4 Å². The number of imidazole rings is 1. The molecule has 4 aromatic heterocycles. The fraction of sp³-hybridized carbons (Fsp3) is 0.238. The summed E-state index contributed by atoms with van der Waals surface area (Å²) < 4.78 is 37.0. The van der Waals surface area contributed by atoms with Gasteiger partial charge in [0.25, 0.3) is 5.92 Å². The number of aromatic nitrogens is 6. The molecule has 0 radical (unpaired) electrons. The molecule has 1 aliphatic rings. The van der Waals surface area contributed by atoms with Crippen molar-refractivity contribution in [2.24, 2.45) is 7.05 Å². The fourth-order valence-corrected chi connectivity index (χ4v) is 3.87. The van der Waals surface area contributed by atoms with Gasteiger partial charge in [-0.15, -0.1) is 0 Å². The first-order chi connectivity index (χ1) is 16.7. The monoisotopic (exact) mass is 481 g/mol. The summed E-state index contributed by atoms with van der Waals surface area (Å²) in [6.45, 7) is 0.398. The van der Waals surface area contributed by atoms with Gasteiger partial charge in [0.2, 0.25) is 5.95 Å². The van der Waals surface area contributed by atoms with Crippen LogP contribution < -0.4 is 15.4 Å². The molecule has 4 aromatic rings. The van der Waals surface area contributed by atoms with E-state index in [0.717, 1.165) is 0 Å². The van der Waals surface area contributed by atoms with Gasteiger partial charge in [-0.1, -0.05) is 0 Å². The first-order valence-electron chi connectivity index (χ1n) is 10.4. The van der Waals surface area contributed by atoms with Gasteiger partial charge >= 0.3 is 6.09 Å². The van der Waals surface area contributed by atoms with Crippen LogP contribution in [0.1, 0.15) is 24.1 Å². The molecule has 12 nitrogen and oxygen atoms in total. The Hall–Kier alpha value is -4.80. The molecule has 5 rings (SSSR count). The summed E-state index contributed by atoms with van der Waals surface area (Å²) in [5.41, 5.74) is 0.542. The largest absolute Gasteiger partial charge is 0.465 e. The van der Waals surface area contributed by atoms with Gasteiger partial charge in [0.05, 0.1) is 6.20 Å². The number of alkyl halides is 2. The number of amides is 1. The number of pyridine rings is 2. The molecule has 178 valence electrons. The summed E-state index contributed by atoms with van der Waals surface area (Å²) in [4.78, 5) is 23.3. The van der Waals surface area contributed by atoms with Gasteiger partial charge in [-0.05, 0) is 12.5 Å². The third-order valence-corrected chi connectivity index (χ3v) is 5.43.